The summed E-state index contributed by atoms with van der Waals surface area (Å²) in [5.74, 6) is 0.892. The Labute approximate surface area is 137 Å². The van der Waals surface area contributed by atoms with Gasteiger partial charge in [0.05, 0.1) is 13.3 Å². The molecule has 0 spiro atoms. The third kappa shape index (κ3) is 3.48. The van der Waals surface area contributed by atoms with E-state index in [2.05, 4.69) is 28.4 Å². The van der Waals surface area contributed by atoms with Gasteiger partial charge in [-0.3, -0.25) is 9.29 Å². The molecule has 0 aromatic heterocycles. The van der Waals surface area contributed by atoms with E-state index in [0.717, 1.165) is 37.5 Å². The summed E-state index contributed by atoms with van der Waals surface area (Å²) >= 11 is 0. The molecule has 0 amide bonds. The Kier molecular flexibility index (Phi) is 5.47. The van der Waals surface area contributed by atoms with E-state index in [0.29, 0.717) is 13.0 Å². The minimum absolute atomic E-state index is 0.0646. The van der Waals surface area contributed by atoms with Crippen LogP contribution in [0.1, 0.15) is 24.9 Å². The van der Waals surface area contributed by atoms with E-state index in [1.165, 1.54) is 10.8 Å². The lowest BCUT2D eigenvalue weighted by Gasteiger charge is -2.36. The first-order valence-corrected chi connectivity index (χ1v) is 8.50. The van der Waals surface area contributed by atoms with Crippen LogP contribution >= 0.6 is 0 Å². The average Bonchev–Trinajstić information content (AvgIpc) is 2.61. The van der Waals surface area contributed by atoms with E-state index in [4.69, 9.17) is 4.74 Å². The zero-order valence-electron chi connectivity index (χ0n) is 13.7. The van der Waals surface area contributed by atoms with Crippen LogP contribution in [0.15, 0.2) is 36.4 Å². The van der Waals surface area contributed by atoms with Crippen LogP contribution in [0.3, 0.4) is 0 Å². The lowest BCUT2D eigenvalue weighted by molar-refractivity contribution is 0.155. The number of nitrogens with zero attached hydrogens (tertiary/aromatic N) is 1. The summed E-state index contributed by atoms with van der Waals surface area (Å²) in [6.07, 6.45) is 0.508. The summed E-state index contributed by atoms with van der Waals surface area (Å²) in [6, 6.07) is 12.5. The topological polar surface area (TPSA) is 24.5 Å². The number of ether oxygens (including phenoxy) is 1. The van der Waals surface area contributed by atoms with Crippen molar-refractivity contribution < 1.29 is 9.13 Å². The van der Waals surface area contributed by atoms with Crippen LogP contribution in [0.25, 0.3) is 10.8 Å². The van der Waals surface area contributed by atoms with Gasteiger partial charge in [0.1, 0.15) is 5.75 Å². The van der Waals surface area contributed by atoms with Gasteiger partial charge in [0.15, 0.2) is 0 Å². The van der Waals surface area contributed by atoms with Gasteiger partial charge in [-0.25, -0.2) is 0 Å². The van der Waals surface area contributed by atoms with Gasteiger partial charge in [0.2, 0.25) is 0 Å². The number of nitrogens with one attached hydrogen (secondary N) is 1. The van der Waals surface area contributed by atoms with Gasteiger partial charge in [-0.05, 0) is 30.2 Å². The molecular formula is C19H25FN2O. The molecule has 1 N–H and O–H groups in total. The Morgan fingerprint density at radius 2 is 1.96 bits per heavy atom. The fourth-order valence-electron chi connectivity index (χ4n) is 3.51. The Morgan fingerprint density at radius 1 is 1.17 bits per heavy atom. The Balaban J connectivity index is 2.10. The van der Waals surface area contributed by atoms with Gasteiger partial charge in [0, 0.05) is 37.8 Å². The van der Waals surface area contributed by atoms with Crippen LogP contribution in [-0.4, -0.2) is 44.4 Å². The van der Waals surface area contributed by atoms with Crippen molar-refractivity contribution in [2.24, 2.45) is 0 Å². The minimum Gasteiger partial charge on any atom is -0.494 e. The van der Waals surface area contributed by atoms with E-state index in [1.807, 2.05) is 25.1 Å². The lowest BCUT2D eigenvalue weighted by atomic mass is 9.94. The predicted molar refractivity (Wildman–Crippen MR) is 92.9 cm³/mol. The molecule has 0 unspecified atom stereocenters. The first kappa shape index (κ1) is 16.2. The molecule has 4 heteroatoms. The summed E-state index contributed by atoms with van der Waals surface area (Å²) in [5, 5.41) is 5.73. The van der Waals surface area contributed by atoms with Crippen molar-refractivity contribution in [1.82, 2.24) is 10.2 Å². The Morgan fingerprint density at radius 3 is 2.70 bits per heavy atom. The number of halogens is 1. The van der Waals surface area contributed by atoms with Crippen LogP contribution in [0.5, 0.6) is 5.75 Å². The first-order chi connectivity index (χ1) is 11.3. The zero-order valence-corrected chi connectivity index (χ0v) is 13.7. The molecule has 124 valence electrons. The number of benzene rings is 2. The van der Waals surface area contributed by atoms with Crippen molar-refractivity contribution in [1.29, 1.82) is 0 Å². The van der Waals surface area contributed by atoms with Crippen LogP contribution < -0.4 is 10.1 Å². The molecule has 2 aromatic rings. The first-order valence-electron chi connectivity index (χ1n) is 8.50. The summed E-state index contributed by atoms with van der Waals surface area (Å²) in [4.78, 5) is 2.39. The van der Waals surface area contributed by atoms with E-state index in [-0.39, 0.29) is 12.7 Å². The van der Waals surface area contributed by atoms with Crippen molar-refractivity contribution in [3.8, 4) is 5.75 Å². The second-order valence-corrected chi connectivity index (χ2v) is 5.91. The molecular weight excluding hydrogens is 291 g/mol. The number of hydrogen-bond donors (Lipinski definition) is 1. The molecule has 23 heavy (non-hydrogen) atoms. The second-order valence-electron chi connectivity index (χ2n) is 5.91. The Bertz CT molecular complexity index is 640. The highest BCUT2D eigenvalue weighted by Crippen LogP contribution is 2.38. The maximum atomic E-state index is 13.3. The number of hydrogen-bond acceptors (Lipinski definition) is 3. The molecule has 0 saturated carbocycles. The number of alkyl halides is 1. The van der Waals surface area contributed by atoms with Crippen LogP contribution in [0.2, 0.25) is 0 Å². The van der Waals surface area contributed by atoms with Gasteiger partial charge >= 0.3 is 0 Å². The molecule has 1 atom stereocenters. The number of fused-ring (bicyclic) bond motifs is 1. The predicted octanol–water partition coefficient (Wildman–Crippen LogP) is 3.54. The summed E-state index contributed by atoms with van der Waals surface area (Å²) in [6.45, 7) is 6.10. The van der Waals surface area contributed by atoms with E-state index >= 15 is 0 Å². The van der Waals surface area contributed by atoms with Crippen molar-refractivity contribution >= 4 is 10.8 Å². The van der Waals surface area contributed by atoms with Crippen LogP contribution in [-0.2, 0) is 0 Å². The Hall–Kier alpha value is -1.65. The number of piperazine rings is 1. The molecule has 0 radical (unpaired) electrons. The second kappa shape index (κ2) is 7.75. The smallest absolute Gasteiger partial charge is 0.124 e. The molecule has 1 fully saturated rings. The summed E-state index contributed by atoms with van der Waals surface area (Å²) in [7, 11) is 0. The molecule has 3 rings (SSSR count). The normalized spacial score (nSPS) is 17.3. The van der Waals surface area contributed by atoms with Gasteiger partial charge in [-0.15, -0.1) is 0 Å². The highest BCUT2D eigenvalue weighted by atomic mass is 19.1. The van der Waals surface area contributed by atoms with Gasteiger partial charge in [-0.1, -0.05) is 30.3 Å². The van der Waals surface area contributed by atoms with Crippen LogP contribution in [0.4, 0.5) is 4.39 Å². The molecule has 2 aromatic carbocycles. The monoisotopic (exact) mass is 316 g/mol. The maximum Gasteiger partial charge on any atom is 0.124 e. The molecule has 0 bridgehead atoms. The van der Waals surface area contributed by atoms with Crippen molar-refractivity contribution in [2.45, 2.75) is 19.4 Å². The van der Waals surface area contributed by atoms with Crippen molar-refractivity contribution in [3.63, 3.8) is 0 Å². The zero-order chi connectivity index (χ0) is 16.1. The number of rotatable bonds is 6. The molecule has 1 aliphatic heterocycles. The van der Waals surface area contributed by atoms with E-state index in [9.17, 15) is 4.39 Å². The van der Waals surface area contributed by atoms with Gasteiger partial charge in [-0.2, -0.15) is 0 Å². The van der Waals surface area contributed by atoms with E-state index < -0.39 is 0 Å². The van der Waals surface area contributed by atoms with Gasteiger partial charge in [0.25, 0.3) is 0 Å². The minimum atomic E-state index is -0.316. The molecule has 1 saturated heterocycles. The highest BCUT2D eigenvalue weighted by molar-refractivity contribution is 5.88. The summed E-state index contributed by atoms with van der Waals surface area (Å²) in [5.41, 5.74) is 1.14. The van der Waals surface area contributed by atoms with Crippen LogP contribution in [0, 0.1) is 0 Å². The molecule has 1 aliphatic rings. The van der Waals surface area contributed by atoms with E-state index in [1.54, 1.807) is 0 Å². The highest BCUT2D eigenvalue weighted by Gasteiger charge is 2.26. The lowest BCUT2D eigenvalue weighted by Crippen LogP contribution is -2.45. The fourth-order valence-corrected chi connectivity index (χ4v) is 3.51. The molecule has 1 heterocycles. The summed E-state index contributed by atoms with van der Waals surface area (Å²) < 4.78 is 19.2. The quantitative estimate of drug-likeness (QED) is 0.882. The fraction of sp³-hybridized carbons (Fsp3) is 0.474. The molecule has 3 nitrogen and oxygen atoms in total. The molecule has 0 aliphatic carbocycles. The standard InChI is InChI=1S/C19H25FN2O/c1-2-23-18-8-7-15-5-3-4-6-16(15)19(18)17(9-10-20)22-13-11-21-12-14-22/h3-8,17,21H,2,9-14H2,1H3/t17-/m1/s1. The largest absolute Gasteiger partial charge is 0.494 e. The van der Waals surface area contributed by atoms with Crippen molar-refractivity contribution in [2.75, 3.05) is 39.5 Å². The third-order valence-corrected chi connectivity index (χ3v) is 4.54. The third-order valence-electron chi connectivity index (χ3n) is 4.54. The SMILES string of the molecule is CCOc1ccc2ccccc2c1[C@@H](CCF)N1CCNCC1. The average molecular weight is 316 g/mol. The maximum absolute atomic E-state index is 13.3. The van der Waals surface area contributed by atoms with Crippen molar-refractivity contribution in [3.05, 3.63) is 42.0 Å². The van der Waals surface area contributed by atoms with Gasteiger partial charge < -0.3 is 10.1 Å².